The third-order valence-electron chi connectivity index (χ3n) is 4.49. The molecule has 25 heavy (non-hydrogen) atoms. The minimum atomic E-state index is -0.336. The van der Waals surface area contributed by atoms with Gasteiger partial charge in [-0.15, -0.1) is 0 Å². The fourth-order valence-corrected chi connectivity index (χ4v) is 3.20. The zero-order chi connectivity index (χ0) is 18.2. The van der Waals surface area contributed by atoms with Gasteiger partial charge >= 0.3 is 5.97 Å². The van der Waals surface area contributed by atoms with Crippen molar-refractivity contribution in [2.45, 2.75) is 45.4 Å². The average molecular weight is 363 g/mol. The Morgan fingerprint density at radius 2 is 2.08 bits per heavy atom. The highest BCUT2D eigenvalue weighted by molar-refractivity contribution is 6.31. The van der Waals surface area contributed by atoms with Gasteiger partial charge in [-0.05, 0) is 49.4 Å². The van der Waals surface area contributed by atoms with E-state index in [-0.39, 0.29) is 31.4 Å². The molecule has 1 aliphatic carbocycles. The highest BCUT2D eigenvalue weighted by Crippen LogP contribution is 2.28. The summed E-state index contributed by atoms with van der Waals surface area (Å²) in [5.41, 5.74) is 1.49. The van der Waals surface area contributed by atoms with Crippen LogP contribution < -0.4 is 4.90 Å². The largest absolute Gasteiger partial charge is 0.456 e. The topological polar surface area (TPSA) is 70.4 Å². The first kappa shape index (κ1) is 19.3. The summed E-state index contributed by atoms with van der Waals surface area (Å²) in [5, 5.41) is 9.44. The number of nitrogens with zero attached hydrogens (tertiary/aromatic N) is 2. The molecule has 6 heteroatoms. The Labute approximate surface area is 153 Å². The second kappa shape index (κ2) is 9.43. The number of aryl methyl sites for hydroxylation is 1. The van der Waals surface area contributed by atoms with Crippen LogP contribution in [0.2, 0.25) is 5.02 Å². The van der Waals surface area contributed by atoms with Crippen molar-refractivity contribution in [1.82, 2.24) is 0 Å². The fourth-order valence-electron chi connectivity index (χ4n) is 3.09. The molecular formula is C19H23ClN2O3. The van der Waals surface area contributed by atoms with Gasteiger partial charge in [0.2, 0.25) is 0 Å². The summed E-state index contributed by atoms with van der Waals surface area (Å²) < 4.78 is 5.16. The van der Waals surface area contributed by atoms with Crippen molar-refractivity contribution in [3.05, 3.63) is 28.8 Å². The van der Waals surface area contributed by atoms with Crippen LogP contribution in [0.4, 0.5) is 5.69 Å². The molecule has 0 aromatic heterocycles. The first-order chi connectivity index (χ1) is 12.0. The summed E-state index contributed by atoms with van der Waals surface area (Å²) in [5.74, 6) is -0.277. The molecule has 0 saturated heterocycles. The van der Waals surface area contributed by atoms with Gasteiger partial charge in [-0.3, -0.25) is 9.59 Å². The van der Waals surface area contributed by atoms with E-state index < -0.39 is 0 Å². The van der Waals surface area contributed by atoms with Crippen LogP contribution in [0.15, 0.2) is 18.2 Å². The van der Waals surface area contributed by atoms with Crippen LogP contribution in [0.25, 0.3) is 0 Å². The predicted octanol–water partition coefficient (Wildman–Crippen LogP) is 4.02. The Bertz CT molecular complexity index is 663. The van der Waals surface area contributed by atoms with Crippen LogP contribution in [0.5, 0.6) is 0 Å². The van der Waals surface area contributed by atoms with Crippen LogP contribution in [0, 0.1) is 24.2 Å². The molecule has 0 heterocycles. The zero-order valence-corrected chi connectivity index (χ0v) is 15.2. The number of nitriles is 1. The maximum atomic E-state index is 12.5. The van der Waals surface area contributed by atoms with Crippen molar-refractivity contribution in [3.8, 4) is 6.07 Å². The van der Waals surface area contributed by atoms with Gasteiger partial charge in [0.25, 0.3) is 5.91 Å². The van der Waals surface area contributed by atoms with E-state index >= 15 is 0 Å². The van der Waals surface area contributed by atoms with Crippen LogP contribution in [-0.4, -0.2) is 25.0 Å². The lowest BCUT2D eigenvalue weighted by Crippen LogP contribution is -2.35. The normalized spacial score (nSPS) is 14.1. The van der Waals surface area contributed by atoms with Crippen LogP contribution >= 0.6 is 11.6 Å². The standard InChI is InChI=1S/C19H23ClN2O3/c1-14-11-16(7-8-17(14)20)22(10-4-9-21)18(23)13-25-19(24)12-15-5-2-3-6-15/h7-8,11,15H,2-6,10,12-13H2,1H3. The van der Waals surface area contributed by atoms with Crippen molar-refractivity contribution in [2.24, 2.45) is 5.92 Å². The van der Waals surface area contributed by atoms with Gasteiger partial charge in [-0.1, -0.05) is 24.4 Å². The first-order valence-corrected chi connectivity index (χ1v) is 8.98. The van der Waals surface area contributed by atoms with Gasteiger partial charge < -0.3 is 9.64 Å². The summed E-state index contributed by atoms with van der Waals surface area (Å²) in [6, 6.07) is 7.26. The average Bonchev–Trinajstić information content (AvgIpc) is 3.09. The molecule has 0 spiro atoms. The van der Waals surface area contributed by atoms with Gasteiger partial charge in [0.1, 0.15) is 0 Å². The molecule has 0 atom stereocenters. The molecule has 1 aromatic carbocycles. The Morgan fingerprint density at radius 1 is 1.36 bits per heavy atom. The molecule has 1 aromatic rings. The van der Waals surface area contributed by atoms with Crippen molar-refractivity contribution in [1.29, 1.82) is 5.26 Å². The summed E-state index contributed by atoms with van der Waals surface area (Å²) >= 11 is 6.03. The monoisotopic (exact) mass is 362 g/mol. The number of carbonyl (C=O) groups excluding carboxylic acids is 2. The maximum absolute atomic E-state index is 12.5. The summed E-state index contributed by atoms with van der Waals surface area (Å²) in [6.07, 6.45) is 5.02. The van der Waals surface area contributed by atoms with E-state index in [1.54, 1.807) is 18.2 Å². The van der Waals surface area contributed by atoms with Crippen molar-refractivity contribution in [3.63, 3.8) is 0 Å². The van der Waals surface area contributed by atoms with Gasteiger partial charge in [-0.25, -0.2) is 0 Å². The number of anilines is 1. The van der Waals surface area contributed by atoms with Gasteiger partial charge in [-0.2, -0.15) is 5.26 Å². The number of hydrogen-bond donors (Lipinski definition) is 0. The van der Waals surface area contributed by atoms with Crippen molar-refractivity contribution in [2.75, 3.05) is 18.1 Å². The number of carbonyl (C=O) groups is 2. The molecule has 0 aliphatic heterocycles. The van der Waals surface area contributed by atoms with Crippen LogP contribution in [0.3, 0.4) is 0 Å². The second-order valence-electron chi connectivity index (χ2n) is 6.40. The fraction of sp³-hybridized carbons (Fsp3) is 0.526. The first-order valence-electron chi connectivity index (χ1n) is 8.60. The van der Waals surface area contributed by atoms with E-state index in [1.807, 2.05) is 13.0 Å². The second-order valence-corrected chi connectivity index (χ2v) is 6.81. The lowest BCUT2D eigenvalue weighted by molar-refractivity contribution is -0.148. The molecular weight excluding hydrogens is 340 g/mol. The molecule has 1 saturated carbocycles. The predicted molar refractivity (Wildman–Crippen MR) is 96.3 cm³/mol. The molecule has 0 unspecified atom stereocenters. The van der Waals surface area contributed by atoms with Gasteiger partial charge in [0.15, 0.2) is 6.61 Å². The Kier molecular flexibility index (Phi) is 7.27. The number of halogens is 1. The number of hydrogen-bond acceptors (Lipinski definition) is 4. The molecule has 0 N–H and O–H groups in total. The van der Waals surface area contributed by atoms with E-state index in [4.69, 9.17) is 21.6 Å². The molecule has 0 radical (unpaired) electrons. The Hall–Kier alpha value is -2.06. The van der Waals surface area contributed by atoms with Gasteiger partial charge in [0.05, 0.1) is 12.5 Å². The minimum absolute atomic E-state index is 0.198. The van der Waals surface area contributed by atoms with E-state index in [1.165, 1.54) is 4.90 Å². The highest BCUT2D eigenvalue weighted by atomic mass is 35.5. The lowest BCUT2D eigenvalue weighted by Gasteiger charge is -2.22. The zero-order valence-electron chi connectivity index (χ0n) is 14.5. The lowest BCUT2D eigenvalue weighted by atomic mass is 10.0. The number of rotatable bonds is 7. The van der Waals surface area contributed by atoms with Crippen LogP contribution in [-0.2, 0) is 14.3 Å². The van der Waals surface area contributed by atoms with Gasteiger partial charge in [0, 0.05) is 23.7 Å². The maximum Gasteiger partial charge on any atom is 0.306 e. The van der Waals surface area contributed by atoms with E-state index in [2.05, 4.69) is 0 Å². The minimum Gasteiger partial charge on any atom is -0.456 e. The third-order valence-corrected chi connectivity index (χ3v) is 4.91. The van der Waals surface area contributed by atoms with Crippen LogP contribution in [0.1, 0.15) is 44.1 Å². The quantitative estimate of drug-likeness (QED) is 0.687. The number of ether oxygens (including phenoxy) is 1. The molecule has 1 fully saturated rings. The van der Waals surface area contributed by atoms with Crippen molar-refractivity contribution < 1.29 is 14.3 Å². The molecule has 1 amide bonds. The van der Waals surface area contributed by atoms with E-state index in [0.29, 0.717) is 23.0 Å². The smallest absolute Gasteiger partial charge is 0.306 e. The molecule has 0 bridgehead atoms. The summed E-state index contributed by atoms with van der Waals surface area (Å²) in [4.78, 5) is 25.9. The molecule has 134 valence electrons. The molecule has 1 aliphatic rings. The van der Waals surface area contributed by atoms with E-state index in [9.17, 15) is 9.59 Å². The Balaban J connectivity index is 1.96. The third kappa shape index (κ3) is 5.75. The number of amides is 1. The molecule has 5 nitrogen and oxygen atoms in total. The van der Waals surface area contributed by atoms with E-state index in [0.717, 1.165) is 31.2 Å². The summed E-state index contributed by atoms with van der Waals surface area (Å²) in [7, 11) is 0. The Morgan fingerprint density at radius 3 is 2.72 bits per heavy atom. The molecule has 2 rings (SSSR count). The number of benzene rings is 1. The number of esters is 1. The van der Waals surface area contributed by atoms with Crippen molar-refractivity contribution >= 4 is 29.2 Å². The highest BCUT2D eigenvalue weighted by Gasteiger charge is 2.22. The SMILES string of the molecule is Cc1cc(N(CCC#N)C(=O)COC(=O)CC2CCCC2)ccc1Cl. The summed E-state index contributed by atoms with van der Waals surface area (Å²) in [6.45, 7) is 1.79.